The van der Waals surface area contributed by atoms with Gasteiger partial charge in [-0.15, -0.1) is 0 Å². The average Bonchev–Trinajstić information content (AvgIpc) is 3.37. The molecule has 31 heavy (non-hydrogen) atoms. The lowest BCUT2D eigenvalue weighted by atomic mass is 10.1. The monoisotopic (exact) mass is 412 g/mol. The molecule has 1 amide bonds. The standard InChI is InChI=1S/C25H24N4O2/c1-19(21-12-14-23(15-13-21)29-18-26-17-27-29)28(2)25(30)22-10-8-20(9-11-22)16-31-24-6-4-3-5-7-24/h3-15,17-19H,16H2,1-2H3. The molecule has 1 unspecified atom stereocenters. The van der Waals surface area contributed by atoms with E-state index in [1.807, 2.05) is 92.8 Å². The summed E-state index contributed by atoms with van der Waals surface area (Å²) in [5.74, 6) is 0.800. The van der Waals surface area contributed by atoms with Gasteiger partial charge in [-0.05, 0) is 54.4 Å². The maximum Gasteiger partial charge on any atom is 0.254 e. The number of benzene rings is 3. The third-order valence-electron chi connectivity index (χ3n) is 5.31. The highest BCUT2D eigenvalue weighted by atomic mass is 16.5. The van der Waals surface area contributed by atoms with Crippen LogP contribution in [0.5, 0.6) is 5.75 Å². The van der Waals surface area contributed by atoms with Crippen molar-refractivity contribution in [1.82, 2.24) is 19.7 Å². The molecule has 0 aliphatic carbocycles. The van der Waals surface area contributed by atoms with Gasteiger partial charge in [-0.25, -0.2) is 9.67 Å². The Hall–Kier alpha value is -3.93. The highest BCUT2D eigenvalue weighted by Crippen LogP contribution is 2.22. The van der Waals surface area contributed by atoms with Crippen molar-refractivity contribution in [2.45, 2.75) is 19.6 Å². The fourth-order valence-electron chi connectivity index (χ4n) is 3.28. The molecule has 0 fully saturated rings. The van der Waals surface area contributed by atoms with Crippen LogP contribution >= 0.6 is 0 Å². The Morgan fingerprint density at radius 3 is 2.35 bits per heavy atom. The molecule has 0 saturated heterocycles. The summed E-state index contributed by atoms with van der Waals surface area (Å²) >= 11 is 0. The van der Waals surface area contributed by atoms with Crippen molar-refractivity contribution in [3.05, 3.63) is 108 Å². The molecule has 0 radical (unpaired) electrons. The molecule has 1 atom stereocenters. The van der Waals surface area contributed by atoms with E-state index in [2.05, 4.69) is 10.1 Å². The van der Waals surface area contributed by atoms with Crippen LogP contribution in [0.4, 0.5) is 0 Å². The van der Waals surface area contributed by atoms with E-state index in [0.29, 0.717) is 12.2 Å². The number of rotatable bonds is 7. The fraction of sp³-hybridized carbons (Fsp3) is 0.160. The molecule has 0 bridgehead atoms. The number of ether oxygens (including phenoxy) is 1. The number of nitrogens with zero attached hydrogens (tertiary/aromatic N) is 4. The first-order valence-corrected chi connectivity index (χ1v) is 10.1. The second-order valence-electron chi connectivity index (χ2n) is 7.32. The molecule has 0 saturated carbocycles. The van der Waals surface area contributed by atoms with E-state index in [1.165, 1.54) is 6.33 Å². The number of amides is 1. The summed E-state index contributed by atoms with van der Waals surface area (Å²) in [4.78, 5) is 18.7. The van der Waals surface area contributed by atoms with Crippen molar-refractivity contribution in [2.75, 3.05) is 7.05 Å². The molecule has 156 valence electrons. The maximum atomic E-state index is 13.0. The molecular formula is C25H24N4O2. The maximum absolute atomic E-state index is 13.0. The predicted molar refractivity (Wildman–Crippen MR) is 119 cm³/mol. The first kappa shape index (κ1) is 20.3. The van der Waals surface area contributed by atoms with Crippen LogP contribution in [-0.2, 0) is 6.61 Å². The lowest BCUT2D eigenvalue weighted by Crippen LogP contribution is -2.29. The summed E-state index contributed by atoms with van der Waals surface area (Å²) in [6, 6.07) is 25.1. The third kappa shape index (κ3) is 4.80. The van der Waals surface area contributed by atoms with Gasteiger partial charge in [-0.2, -0.15) is 5.10 Å². The minimum absolute atomic E-state index is 0.0246. The molecule has 1 heterocycles. The van der Waals surface area contributed by atoms with Gasteiger partial charge in [0.25, 0.3) is 5.91 Å². The number of carbonyl (C=O) groups is 1. The van der Waals surface area contributed by atoms with Gasteiger partial charge in [0.2, 0.25) is 0 Å². The van der Waals surface area contributed by atoms with Gasteiger partial charge in [-0.1, -0.05) is 42.5 Å². The van der Waals surface area contributed by atoms with Crippen LogP contribution in [-0.4, -0.2) is 32.6 Å². The van der Waals surface area contributed by atoms with Crippen molar-refractivity contribution in [3.63, 3.8) is 0 Å². The Morgan fingerprint density at radius 2 is 1.71 bits per heavy atom. The Morgan fingerprint density at radius 1 is 1.00 bits per heavy atom. The molecule has 0 aliphatic rings. The normalized spacial score (nSPS) is 11.7. The van der Waals surface area contributed by atoms with Crippen LogP contribution < -0.4 is 4.74 Å². The molecule has 0 spiro atoms. The van der Waals surface area contributed by atoms with Gasteiger partial charge in [0, 0.05) is 12.6 Å². The zero-order chi connectivity index (χ0) is 21.6. The Labute approximate surface area is 181 Å². The minimum Gasteiger partial charge on any atom is -0.489 e. The number of carbonyl (C=O) groups excluding carboxylic acids is 1. The Kier molecular flexibility index (Phi) is 6.08. The van der Waals surface area contributed by atoms with Gasteiger partial charge in [0.05, 0.1) is 11.7 Å². The first-order valence-electron chi connectivity index (χ1n) is 10.1. The fourth-order valence-corrected chi connectivity index (χ4v) is 3.28. The van der Waals surface area contributed by atoms with E-state index in [-0.39, 0.29) is 11.9 Å². The van der Waals surface area contributed by atoms with E-state index >= 15 is 0 Å². The molecule has 3 aromatic carbocycles. The summed E-state index contributed by atoms with van der Waals surface area (Å²) in [6.07, 6.45) is 3.16. The van der Waals surface area contributed by atoms with Gasteiger partial charge in [-0.3, -0.25) is 4.79 Å². The van der Waals surface area contributed by atoms with Crippen LogP contribution in [0.1, 0.15) is 34.5 Å². The SMILES string of the molecule is CC(c1ccc(-n2cncn2)cc1)N(C)C(=O)c1ccc(COc2ccccc2)cc1. The quantitative estimate of drug-likeness (QED) is 0.442. The summed E-state index contributed by atoms with van der Waals surface area (Å²) in [5.41, 5.74) is 3.64. The highest BCUT2D eigenvalue weighted by molar-refractivity contribution is 5.94. The second kappa shape index (κ2) is 9.26. The number of hydrogen-bond donors (Lipinski definition) is 0. The number of aromatic nitrogens is 3. The molecular weight excluding hydrogens is 388 g/mol. The smallest absolute Gasteiger partial charge is 0.254 e. The van der Waals surface area contributed by atoms with Gasteiger partial charge >= 0.3 is 0 Å². The van der Waals surface area contributed by atoms with Gasteiger partial charge in [0.1, 0.15) is 25.0 Å². The Bertz CT molecular complexity index is 1110. The Balaban J connectivity index is 1.38. The molecule has 6 heteroatoms. The molecule has 0 N–H and O–H groups in total. The molecule has 4 rings (SSSR count). The van der Waals surface area contributed by atoms with E-state index in [1.54, 1.807) is 15.9 Å². The molecule has 4 aromatic rings. The average molecular weight is 412 g/mol. The van der Waals surface area contributed by atoms with Crippen LogP contribution in [0.3, 0.4) is 0 Å². The molecule has 1 aromatic heterocycles. The summed E-state index contributed by atoms with van der Waals surface area (Å²) in [7, 11) is 1.82. The van der Waals surface area contributed by atoms with Crippen molar-refractivity contribution >= 4 is 5.91 Å². The van der Waals surface area contributed by atoms with Gasteiger partial charge < -0.3 is 9.64 Å². The zero-order valence-electron chi connectivity index (χ0n) is 17.6. The van der Waals surface area contributed by atoms with E-state index in [9.17, 15) is 4.79 Å². The summed E-state index contributed by atoms with van der Waals surface area (Å²) in [6.45, 7) is 2.48. The van der Waals surface area contributed by atoms with Crippen LogP contribution in [0, 0.1) is 0 Å². The topological polar surface area (TPSA) is 60.2 Å². The number of hydrogen-bond acceptors (Lipinski definition) is 4. The van der Waals surface area contributed by atoms with E-state index in [4.69, 9.17) is 4.74 Å². The third-order valence-corrected chi connectivity index (χ3v) is 5.31. The van der Waals surface area contributed by atoms with Crippen molar-refractivity contribution in [2.24, 2.45) is 0 Å². The molecule has 6 nitrogen and oxygen atoms in total. The summed E-state index contributed by atoms with van der Waals surface area (Å²) in [5, 5.41) is 4.13. The number of para-hydroxylation sites is 1. The van der Waals surface area contributed by atoms with Crippen molar-refractivity contribution < 1.29 is 9.53 Å². The minimum atomic E-state index is -0.0709. The lowest BCUT2D eigenvalue weighted by Gasteiger charge is -2.25. The van der Waals surface area contributed by atoms with Gasteiger partial charge in [0.15, 0.2) is 0 Å². The molecule has 0 aliphatic heterocycles. The summed E-state index contributed by atoms with van der Waals surface area (Å²) < 4.78 is 7.47. The zero-order valence-corrected chi connectivity index (χ0v) is 17.6. The van der Waals surface area contributed by atoms with E-state index in [0.717, 1.165) is 22.6 Å². The van der Waals surface area contributed by atoms with Crippen molar-refractivity contribution in [3.8, 4) is 11.4 Å². The highest BCUT2D eigenvalue weighted by Gasteiger charge is 2.19. The van der Waals surface area contributed by atoms with Crippen molar-refractivity contribution in [1.29, 1.82) is 0 Å². The lowest BCUT2D eigenvalue weighted by molar-refractivity contribution is 0.0742. The van der Waals surface area contributed by atoms with Crippen LogP contribution in [0.25, 0.3) is 5.69 Å². The second-order valence-corrected chi connectivity index (χ2v) is 7.32. The predicted octanol–water partition coefficient (Wildman–Crippen LogP) is 4.68. The largest absolute Gasteiger partial charge is 0.489 e. The van der Waals surface area contributed by atoms with Crippen LogP contribution in [0.15, 0.2) is 91.5 Å². The van der Waals surface area contributed by atoms with E-state index < -0.39 is 0 Å². The van der Waals surface area contributed by atoms with Crippen LogP contribution in [0.2, 0.25) is 0 Å². The first-order chi connectivity index (χ1) is 15.1.